The topological polar surface area (TPSA) is 98.5 Å². The molecule has 11 heavy (non-hydrogen) atoms. The highest BCUT2D eigenvalue weighted by Gasteiger charge is 2.08. The van der Waals surface area contributed by atoms with Gasteiger partial charge in [-0.05, 0) is 6.42 Å². The number of rotatable bonds is 3. The minimum Gasteiger partial charge on any atom is -0.449 e. The zero-order chi connectivity index (χ0) is 8.91. The summed E-state index contributed by atoms with van der Waals surface area (Å²) in [6, 6.07) is 0. The standard InChI is InChI=1S/C4H10N2O4S/c1-2-3-10-4(7)6-11(5,8)9/h2-3H2,1H3,(H,6,7)(H2,5,8,9). The maximum atomic E-state index is 10.4. The third-order valence-electron chi connectivity index (χ3n) is 0.663. The molecule has 0 aromatic rings. The molecule has 0 bridgehead atoms. The van der Waals surface area contributed by atoms with Gasteiger partial charge in [0.15, 0.2) is 0 Å². The summed E-state index contributed by atoms with van der Waals surface area (Å²) in [6.07, 6.45) is -0.424. The Morgan fingerprint density at radius 3 is 2.55 bits per heavy atom. The van der Waals surface area contributed by atoms with Crippen LogP contribution in [0.25, 0.3) is 0 Å². The highest BCUT2D eigenvalue weighted by atomic mass is 32.2. The van der Waals surface area contributed by atoms with Gasteiger partial charge in [0.1, 0.15) is 0 Å². The number of nitrogens with one attached hydrogen (secondary N) is 1. The molecular weight excluding hydrogens is 172 g/mol. The fourth-order valence-electron chi connectivity index (χ4n) is 0.340. The van der Waals surface area contributed by atoms with Crippen molar-refractivity contribution in [3.05, 3.63) is 0 Å². The second-order valence-electron chi connectivity index (χ2n) is 1.78. The van der Waals surface area contributed by atoms with Crippen molar-refractivity contribution in [2.45, 2.75) is 13.3 Å². The van der Waals surface area contributed by atoms with Crippen molar-refractivity contribution in [1.82, 2.24) is 4.72 Å². The molecule has 0 unspecified atom stereocenters. The fourth-order valence-corrected chi connectivity index (χ4v) is 0.632. The minimum atomic E-state index is -3.98. The number of nitrogens with two attached hydrogens (primary N) is 1. The molecule has 0 aliphatic heterocycles. The second kappa shape index (κ2) is 4.14. The van der Waals surface area contributed by atoms with Crippen molar-refractivity contribution >= 4 is 16.3 Å². The van der Waals surface area contributed by atoms with Gasteiger partial charge in [-0.15, -0.1) is 0 Å². The molecule has 0 aromatic heterocycles. The predicted octanol–water partition coefficient (Wildman–Crippen LogP) is -0.674. The van der Waals surface area contributed by atoms with Crippen LogP contribution in [-0.2, 0) is 14.9 Å². The van der Waals surface area contributed by atoms with E-state index in [1.165, 1.54) is 4.72 Å². The molecular formula is C4H10N2O4S. The molecule has 0 atom stereocenters. The monoisotopic (exact) mass is 182 g/mol. The van der Waals surface area contributed by atoms with E-state index < -0.39 is 16.3 Å². The van der Waals surface area contributed by atoms with E-state index in [2.05, 4.69) is 9.88 Å². The molecule has 1 amide bonds. The van der Waals surface area contributed by atoms with Crippen LogP contribution in [0, 0.1) is 0 Å². The van der Waals surface area contributed by atoms with Gasteiger partial charge in [-0.1, -0.05) is 6.92 Å². The van der Waals surface area contributed by atoms with E-state index in [4.69, 9.17) is 0 Å². The molecule has 0 saturated heterocycles. The summed E-state index contributed by atoms with van der Waals surface area (Å²) in [7, 11) is -3.98. The number of carbonyl (C=O) groups is 1. The number of carbonyl (C=O) groups excluding carboxylic acids is 1. The van der Waals surface area contributed by atoms with E-state index in [-0.39, 0.29) is 6.61 Å². The Bertz CT molecular complexity index is 222. The highest BCUT2D eigenvalue weighted by molar-refractivity contribution is 7.87. The molecule has 0 radical (unpaired) electrons. The first-order valence-corrected chi connectivity index (χ1v) is 4.47. The smallest absolute Gasteiger partial charge is 0.421 e. The SMILES string of the molecule is CCCOC(=O)NS(N)(=O)=O. The lowest BCUT2D eigenvalue weighted by molar-refractivity contribution is 0.152. The van der Waals surface area contributed by atoms with E-state index in [1.54, 1.807) is 6.92 Å². The summed E-state index contributed by atoms with van der Waals surface area (Å²) in [5.41, 5.74) is 0. The summed E-state index contributed by atoms with van der Waals surface area (Å²) in [6.45, 7) is 1.95. The molecule has 0 aliphatic rings. The summed E-state index contributed by atoms with van der Waals surface area (Å²) in [4.78, 5) is 10.4. The minimum absolute atomic E-state index is 0.168. The molecule has 0 aliphatic carbocycles. The van der Waals surface area contributed by atoms with Gasteiger partial charge in [-0.2, -0.15) is 8.42 Å². The summed E-state index contributed by atoms with van der Waals surface area (Å²) >= 11 is 0. The molecule has 6 nitrogen and oxygen atoms in total. The van der Waals surface area contributed by atoms with E-state index in [1.807, 2.05) is 0 Å². The summed E-state index contributed by atoms with van der Waals surface area (Å²) < 4.78 is 26.1. The van der Waals surface area contributed by atoms with Gasteiger partial charge >= 0.3 is 16.3 Å². The van der Waals surface area contributed by atoms with Gasteiger partial charge in [0.25, 0.3) is 0 Å². The maximum Gasteiger partial charge on any atom is 0.421 e. The Labute approximate surface area is 64.9 Å². The van der Waals surface area contributed by atoms with Crippen LogP contribution in [-0.4, -0.2) is 21.1 Å². The average Bonchev–Trinajstić information content (AvgIpc) is 1.79. The normalized spacial score (nSPS) is 10.7. The van der Waals surface area contributed by atoms with Crippen LogP contribution in [0.4, 0.5) is 4.79 Å². The molecule has 0 heterocycles. The Morgan fingerprint density at radius 2 is 2.18 bits per heavy atom. The van der Waals surface area contributed by atoms with Crippen LogP contribution in [0.15, 0.2) is 0 Å². The largest absolute Gasteiger partial charge is 0.449 e. The van der Waals surface area contributed by atoms with Crippen molar-refractivity contribution in [2.24, 2.45) is 5.14 Å². The first kappa shape index (κ1) is 10.2. The quantitative estimate of drug-likeness (QED) is 0.604. The zero-order valence-electron chi connectivity index (χ0n) is 6.03. The Kier molecular flexibility index (Phi) is 3.83. The van der Waals surface area contributed by atoms with Crippen LogP contribution in [0.5, 0.6) is 0 Å². The van der Waals surface area contributed by atoms with Crippen molar-refractivity contribution in [1.29, 1.82) is 0 Å². The summed E-state index contributed by atoms with van der Waals surface area (Å²) in [5, 5.41) is 4.47. The average molecular weight is 182 g/mol. The lowest BCUT2D eigenvalue weighted by Gasteiger charge is -2.02. The van der Waals surface area contributed by atoms with Gasteiger partial charge in [0.05, 0.1) is 6.61 Å². The van der Waals surface area contributed by atoms with Crippen molar-refractivity contribution in [2.75, 3.05) is 6.61 Å². The van der Waals surface area contributed by atoms with E-state index in [0.717, 1.165) is 0 Å². The van der Waals surface area contributed by atoms with Gasteiger partial charge < -0.3 is 4.74 Å². The third kappa shape index (κ3) is 7.07. The van der Waals surface area contributed by atoms with Crippen molar-refractivity contribution in [3.8, 4) is 0 Å². The van der Waals surface area contributed by atoms with Gasteiger partial charge in [0, 0.05) is 0 Å². The first-order valence-electron chi connectivity index (χ1n) is 2.93. The Morgan fingerprint density at radius 1 is 1.64 bits per heavy atom. The predicted molar refractivity (Wildman–Crippen MR) is 37.9 cm³/mol. The highest BCUT2D eigenvalue weighted by Crippen LogP contribution is 1.82. The second-order valence-corrected chi connectivity index (χ2v) is 3.08. The van der Waals surface area contributed by atoms with Crippen molar-refractivity contribution < 1.29 is 17.9 Å². The van der Waals surface area contributed by atoms with Crippen LogP contribution in [0.1, 0.15) is 13.3 Å². The van der Waals surface area contributed by atoms with Gasteiger partial charge in [-0.3, -0.25) is 0 Å². The number of amides is 1. The molecule has 0 fully saturated rings. The number of ether oxygens (including phenoxy) is 1. The third-order valence-corrected chi connectivity index (χ3v) is 1.11. The van der Waals surface area contributed by atoms with Crippen molar-refractivity contribution in [3.63, 3.8) is 0 Å². The molecule has 66 valence electrons. The maximum absolute atomic E-state index is 10.4. The Hall–Kier alpha value is -0.820. The summed E-state index contributed by atoms with van der Waals surface area (Å²) in [5.74, 6) is 0. The molecule has 7 heteroatoms. The van der Waals surface area contributed by atoms with Crippen LogP contribution in [0.3, 0.4) is 0 Å². The van der Waals surface area contributed by atoms with Crippen LogP contribution < -0.4 is 9.86 Å². The van der Waals surface area contributed by atoms with Gasteiger partial charge in [-0.25, -0.2) is 14.7 Å². The first-order chi connectivity index (χ1) is 4.95. The molecule has 0 saturated carbocycles. The lowest BCUT2D eigenvalue weighted by atomic mass is 10.5. The van der Waals surface area contributed by atoms with Gasteiger partial charge in [0.2, 0.25) is 0 Å². The van der Waals surface area contributed by atoms with E-state index in [0.29, 0.717) is 6.42 Å². The molecule has 0 aromatic carbocycles. The zero-order valence-corrected chi connectivity index (χ0v) is 6.85. The lowest BCUT2D eigenvalue weighted by Crippen LogP contribution is -2.36. The Balaban J connectivity index is 3.71. The van der Waals surface area contributed by atoms with E-state index in [9.17, 15) is 13.2 Å². The molecule has 3 N–H and O–H groups in total. The molecule has 0 rings (SSSR count). The fraction of sp³-hybridized carbons (Fsp3) is 0.750. The number of hydrogen-bond acceptors (Lipinski definition) is 4. The van der Waals surface area contributed by atoms with Crippen LogP contribution in [0.2, 0.25) is 0 Å². The number of hydrogen-bond donors (Lipinski definition) is 2. The van der Waals surface area contributed by atoms with E-state index >= 15 is 0 Å². The molecule has 0 spiro atoms. The van der Waals surface area contributed by atoms with Crippen LogP contribution >= 0.6 is 0 Å².